The van der Waals surface area contributed by atoms with Crippen LogP contribution in [0.2, 0.25) is 0 Å². The van der Waals surface area contributed by atoms with Crippen LogP contribution < -0.4 is 4.74 Å². The molecule has 0 N–H and O–H groups in total. The Balaban J connectivity index is 1.37. The van der Waals surface area contributed by atoms with Gasteiger partial charge in [0, 0.05) is 27.3 Å². The van der Waals surface area contributed by atoms with E-state index < -0.39 is 0 Å². The predicted octanol–water partition coefficient (Wildman–Crippen LogP) is 9.85. The molecule has 0 amide bonds. The number of furan rings is 1. The SMILES string of the molecule is c1ccc(-c2ccc3c(c2)Oc2cccc4c2c-3cc2oc3cc(-c5ccccc5)ccc3c24)cc1. The van der Waals surface area contributed by atoms with Gasteiger partial charge in [-0.2, -0.15) is 0 Å². The van der Waals surface area contributed by atoms with E-state index in [0.29, 0.717) is 0 Å². The normalized spacial score (nSPS) is 12.1. The molecule has 6 aromatic carbocycles. The van der Waals surface area contributed by atoms with Crippen molar-refractivity contribution >= 4 is 32.7 Å². The highest BCUT2D eigenvalue weighted by Crippen LogP contribution is 2.51. The van der Waals surface area contributed by atoms with Crippen LogP contribution in [0.15, 0.2) is 126 Å². The van der Waals surface area contributed by atoms with Gasteiger partial charge in [0.05, 0.1) is 0 Å². The fourth-order valence-electron chi connectivity index (χ4n) is 5.58. The summed E-state index contributed by atoms with van der Waals surface area (Å²) in [5.41, 5.74) is 8.69. The zero-order chi connectivity index (χ0) is 23.6. The van der Waals surface area contributed by atoms with Gasteiger partial charge < -0.3 is 9.15 Å². The minimum atomic E-state index is 0.873. The summed E-state index contributed by atoms with van der Waals surface area (Å²) < 4.78 is 13.0. The van der Waals surface area contributed by atoms with Crippen LogP contribution in [0.25, 0.3) is 66.1 Å². The van der Waals surface area contributed by atoms with Crippen molar-refractivity contribution in [3.8, 4) is 44.9 Å². The second kappa shape index (κ2) is 7.34. The van der Waals surface area contributed by atoms with Crippen LogP contribution in [0.3, 0.4) is 0 Å². The molecule has 0 radical (unpaired) electrons. The maximum atomic E-state index is 6.50. The largest absolute Gasteiger partial charge is 0.456 e. The second-order valence-electron chi connectivity index (χ2n) is 9.33. The molecule has 0 atom stereocenters. The molecule has 0 fully saturated rings. The molecule has 2 nitrogen and oxygen atoms in total. The summed E-state index contributed by atoms with van der Waals surface area (Å²) in [4.78, 5) is 0. The van der Waals surface area contributed by atoms with Crippen molar-refractivity contribution in [2.24, 2.45) is 0 Å². The van der Waals surface area contributed by atoms with Crippen LogP contribution >= 0.6 is 0 Å². The van der Waals surface area contributed by atoms with Crippen molar-refractivity contribution in [2.75, 3.05) is 0 Å². The first kappa shape index (κ1) is 19.5. The maximum absolute atomic E-state index is 6.50. The summed E-state index contributed by atoms with van der Waals surface area (Å²) in [5, 5.41) is 4.56. The van der Waals surface area contributed by atoms with Crippen molar-refractivity contribution in [1.29, 1.82) is 0 Å². The number of rotatable bonds is 2. The van der Waals surface area contributed by atoms with Crippen LogP contribution in [0.1, 0.15) is 0 Å². The van der Waals surface area contributed by atoms with Crippen LogP contribution in [0.5, 0.6) is 11.5 Å². The van der Waals surface area contributed by atoms with Gasteiger partial charge >= 0.3 is 0 Å². The van der Waals surface area contributed by atoms with Crippen molar-refractivity contribution in [3.05, 3.63) is 121 Å². The molecule has 0 spiro atoms. The van der Waals surface area contributed by atoms with Gasteiger partial charge in [-0.25, -0.2) is 0 Å². The molecule has 2 heterocycles. The zero-order valence-electron chi connectivity index (χ0n) is 19.4. The van der Waals surface area contributed by atoms with Gasteiger partial charge in [-0.1, -0.05) is 84.9 Å². The van der Waals surface area contributed by atoms with E-state index in [9.17, 15) is 0 Å². The molecule has 0 bridgehead atoms. The van der Waals surface area contributed by atoms with E-state index >= 15 is 0 Å². The molecule has 1 aliphatic heterocycles. The Morgan fingerprint density at radius 3 is 1.89 bits per heavy atom. The van der Waals surface area contributed by atoms with Crippen LogP contribution in [-0.4, -0.2) is 0 Å². The van der Waals surface area contributed by atoms with E-state index in [0.717, 1.165) is 66.5 Å². The lowest BCUT2D eigenvalue weighted by atomic mass is 9.91. The summed E-state index contributed by atoms with van der Waals surface area (Å²) in [7, 11) is 0. The Bertz CT molecular complexity index is 1950. The van der Waals surface area contributed by atoms with E-state index in [4.69, 9.17) is 9.15 Å². The van der Waals surface area contributed by atoms with Crippen molar-refractivity contribution < 1.29 is 9.15 Å². The number of benzene rings is 6. The number of ether oxygens (including phenoxy) is 1. The summed E-state index contributed by atoms with van der Waals surface area (Å²) in [6, 6.07) is 42.3. The second-order valence-corrected chi connectivity index (χ2v) is 9.33. The lowest BCUT2D eigenvalue weighted by Crippen LogP contribution is -1.97. The minimum Gasteiger partial charge on any atom is -0.456 e. The molecule has 1 aliphatic rings. The Kier molecular flexibility index (Phi) is 3.97. The van der Waals surface area contributed by atoms with Crippen LogP contribution in [0.4, 0.5) is 0 Å². The fraction of sp³-hybridized carbons (Fsp3) is 0. The lowest BCUT2D eigenvalue weighted by Gasteiger charge is -2.22. The van der Waals surface area contributed by atoms with E-state index in [1.807, 2.05) is 12.1 Å². The van der Waals surface area contributed by atoms with E-state index in [-0.39, 0.29) is 0 Å². The van der Waals surface area contributed by atoms with Gasteiger partial charge in [0.25, 0.3) is 0 Å². The monoisotopic (exact) mass is 460 g/mol. The first-order chi connectivity index (χ1) is 17.8. The average Bonchev–Trinajstić information content (AvgIpc) is 3.32. The molecule has 0 saturated carbocycles. The third kappa shape index (κ3) is 2.79. The van der Waals surface area contributed by atoms with Crippen molar-refractivity contribution in [3.63, 3.8) is 0 Å². The molecule has 36 heavy (non-hydrogen) atoms. The third-order valence-electron chi connectivity index (χ3n) is 7.26. The average molecular weight is 461 g/mol. The Morgan fingerprint density at radius 2 is 1.11 bits per heavy atom. The molecule has 0 saturated heterocycles. The van der Waals surface area contributed by atoms with Crippen LogP contribution in [-0.2, 0) is 0 Å². The van der Waals surface area contributed by atoms with Gasteiger partial charge in [0.1, 0.15) is 22.7 Å². The van der Waals surface area contributed by atoms with E-state index in [2.05, 4.69) is 109 Å². The van der Waals surface area contributed by atoms with Gasteiger partial charge in [-0.3, -0.25) is 0 Å². The molecule has 0 unspecified atom stereocenters. The molecule has 7 aromatic rings. The zero-order valence-corrected chi connectivity index (χ0v) is 19.4. The fourth-order valence-corrected chi connectivity index (χ4v) is 5.58. The van der Waals surface area contributed by atoms with Crippen molar-refractivity contribution in [1.82, 2.24) is 0 Å². The molecule has 1 aromatic heterocycles. The highest BCUT2D eigenvalue weighted by Gasteiger charge is 2.24. The van der Waals surface area contributed by atoms with Gasteiger partial charge in [0.2, 0.25) is 0 Å². The smallest absolute Gasteiger partial charge is 0.136 e. The molecule has 2 heteroatoms. The summed E-state index contributed by atoms with van der Waals surface area (Å²) in [6.07, 6.45) is 0. The number of fused-ring (bicyclic) bond motifs is 6. The summed E-state index contributed by atoms with van der Waals surface area (Å²) >= 11 is 0. The molecule has 0 aliphatic carbocycles. The lowest BCUT2D eigenvalue weighted by molar-refractivity contribution is 0.487. The van der Waals surface area contributed by atoms with Gasteiger partial charge in [-0.05, 0) is 64.0 Å². The Labute approximate surface area is 208 Å². The standard InChI is InChI=1S/C34H20O2/c1-3-8-21(9-4-1)23-14-16-25-28-20-32-33(27-12-7-13-29(34(27)28)35-30(25)18-23)26-17-15-24(19-31(26)36-32)22-10-5-2-6-11-22/h1-20H. The Hall–Kier alpha value is -4.82. The number of hydrogen-bond donors (Lipinski definition) is 0. The maximum Gasteiger partial charge on any atom is 0.136 e. The molecule has 8 rings (SSSR count). The van der Waals surface area contributed by atoms with E-state index in [1.165, 1.54) is 11.1 Å². The summed E-state index contributed by atoms with van der Waals surface area (Å²) in [6.45, 7) is 0. The van der Waals surface area contributed by atoms with Crippen molar-refractivity contribution in [2.45, 2.75) is 0 Å². The first-order valence-electron chi connectivity index (χ1n) is 12.2. The first-order valence-corrected chi connectivity index (χ1v) is 12.2. The topological polar surface area (TPSA) is 22.4 Å². The van der Waals surface area contributed by atoms with Crippen LogP contribution in [0, 0.1) is 0 Å². The predicted molar refractivity (Wildman–Crippen MR) is 148 cm³/mol. The van der Waals surface area contributed by atoms with Gasteiger partial charge in [-0.15, -0.1) is 0 Å². The van der Waals surface area contributed by atoms with E-state index in [1.54, 1.807) is 0 Å². The summed E-state index contributed by atoms with van der Waals surface area (Å²) in [5.74, 6) is 1.76. The van der Waals surface area contributed by atoms with Gasteiger partial charge in [0.15, 0.2) is 0 Å². The minimum absolute atomic E-state index is 0.873. The molecule has 168 valence electrons. The Morgan fingerprint density at radius 1 is 0.389 bits per heavy atom. The molecular formula is C34H20O2. The highest BCUT2D eigenvalue weighted by molar-refractivity contribution is 6.24. The highest BCUT2D eigenvalue weighted by atomic mass is 16.5. The quantitative estimate of drug-likeness (QED) is 0.256. The third-order valence-corrected chi connectivity index (χ3v) is 7.26. The number of hydrogen-bond acceptors (Lipinski definition) is 2. The molecular weight excluding hydrogens is 440 g/mol.